The van der Waals surface area contributed by atoms with Crippen LogP contribution in [-0.2, 0) is 0 Å². The van der Waals surface area contributed by atoms with Gasteiger partial charge in [-0.1, -0.05) is 103 Å². The van der Waals surface area contributed by atoms with E-state index in [-0.39, 0.29) is 0 Å². The molecule has 4 heterocycles. The van der Waals surface area contributed by atoms with Gasteiger partial charge in [-0.3, -0.25) is 4.57 Å². The Kier molecular flexibility index (Phi) is 5.82. The van der Waals surface area contributed by atoms with Crippen molar-refractivity contribution in [3.63, 3.8) is 0 Å². The Morgan fingerprint density at radius 2 is 1.39 bits per heavy atom. The van der Waals surface area contributed by atoms with Crippen LogP contribution in [0.3, 0.4) is 0 Å². The molecule has 49 heavy (non-hydrogen) atoms. The first-order chi connectivity index (χ1) is 24.3. The van der Waals surface area contributed by atoms with Gasteiger partial charge in [0.15, 0.2) is 0 Å². The Hall–Kier alpha value is -5.62. The molecule has 0 amide bonds. The predicted molar refractivity (Wildman–Crippen MR) is 211 cm³/mol. The van der Waals surface area contributed by atoms with Crippen LogP contribution in [0.25, 0.3) is 95.8 Å². The van der Waals surface area contributed by atoms with Crippen molar-refractivity contribution in [1.82, 2.24) is 14.5 Å². The lowest BCUT2D eigenvalue weighted by molar-refractivity contribution is 1.02. The highest BCUT2D eigenvalue weighted by atomic mass is 32.1. The zero-order valence-electron chi connectivity index (χ0n) is 26.4. The number of benzene rings is 6. The molecular formula is C44H27N3S2. The summed E-state index contributed by atoms with van der Waals surface area (Å²) in [5, 5.41) is 8.75. The number of nitrogens with zero attached hydrogens (tertiary/aromatic N) is 3. The monoisotopic (exact) mass is 661 g/mol. The summed E-state index contributed by atoms with van der Waals surface area (Å²) < 4.78 is 7.24. The fourth-order valence-electron chi connectivity index (χ4n) is 7.77. The van der Waals surface area contributed by atoms with E-state index >= 15 is 0 Å². The second-order valence-corrected chi connectivity index (χ2v) is 15.0. The van der Waals surface area contributed by atoms with Crippen LogP contribution in [0, 0.1) is 0 Å². The minimum Gasteiger partial charge on any atom is -0.278 e. The molecule has 0 bridgehead atoms. The van der Waals surface area contributed by atoms with Gasteiger partial charge in [-0.2, -0.15) is 0 Å². The van der Waals surface area contributed by atoms with Crippen LogP contribution in [0.5, 0.6) is 0 Å². The van der Waals surface area contributed by atoms with Crippen LogP contribution in [0.1, 0.15) is 18.4 Å². The summed E-state index contributed by atoms with van der Waals surface area (Å²) in [7, 11) is 0. The molecule has 11 rings (SSSR count). The van der Waals surface area contributed by atoms with Crippen LogP contribution in [-0.4, -0.2) is 14.5 Å². The summed E-state index contributed by atoms with van der Waals surface area (Å²) in [5.74, 6) is 0.697. The maximum Gasteiger partial charge on any atom is 0.235 e. The Balaban J connectivity index is 1.25. The lowest BCUT2D eigenvalue weighted by atomic mass is 9.97. The van der Waals surface area contributed by atoms with Crippen LogP contribution >= 0.6 is 22.7 Å². The van der Waals surface area contributed by atoms with Crippen molar-refractivity contribution in [2.75, 3.05) is 0 Å². The van der Waals surface area contributed by atoms with E-state index in [0.717, 1.165) is 45.3 Å². The first-order valence-corrected chi connectivity index (χ1v) is 18.4. The van der Waals surface area contributed by atoms with Gasteiger partial charge in [-0.05, 0) is 71.1 Å². The molecule has 1 aliphatic rings. The topological polar surface area (TPSA) is 30.7 Å². The third kappa shape index (κ3) is 4.07. The normalized spacial score (nSPS) is 13.6. The fraction of sp³-hybridized carbons (Fsp3) is 0.0455. The Morgan fingerprint density at radius 3 is 2.31 bits per heavy atom. The van der Waals surface area contributed by atoms with Crippen LogP contribution in [0.15, 0.2) is 140 Å². The molecule has 1 aliphatic carbocycles. The molecule has 0 saturated carbocycles. The van der Waals surface area contributed by atoms with Gasteiger partial charge >= 0.3 is 0 Å². The van der Waals surface area contributed by atoms with Gasteiger partial charge in [0.05, 0.1) is 26.9 Å². The summed E-state index contributed by atoms with van der Waals surface area (Å²) in [6.07, 6.45) is 9.04. The van der Waals surface area contributed by atoms with Gasteiger partial charge in [0, 0.05) is 46.6 Å². The number of aromatic nitrogens is 3. The number of para-hydroxylation sites is 1. The highest BCUT2D eigenvalue weighted by Gasteiger charge is 2.21. The summed E-state index contributed by atoms with van der Waals surface area (Å²) >= 11 is 3.66. The highest BCUT2D eigenvalue weighted by molar-refractivity contribution is 7.26. The molecule has 0 fully saturated rings. The molecule has 0 aliphatic heterocycles. The standard InChI is InChI=1S/C44H27N3S2/c1-2-11-26(12-3-1)28-14-10-15-29(23-28)41-43-42(32-18-7-9-20-37(32)49-43)46-44(45-41)47-35-19-8-6-17-31(35)33-25-39-34(24-36(33)47)40-30-16-5-4-13-27(30)21-22-38(40)48-39/h2,4-25H,1,3H2. The van der Waals surface area contributed by atoms with Crippen LogP contribution < -0.4 is 0 Å². The zero-order valence-corrected chi connectivity index (χ0v) is 28.0. The molecule has 0 saturated heterocycles. The van der Waals surface area contributed by atoms with Crippen molar-refractivity contribution in [3.8, 4) is 17.2 Å². The Labute approximate surface area is 289 Å². The van der Waals surface area contributed by atoms with Gasteiger partial charge in [-0.25, -0.2) is 9.97 Å². The van der Waals surface area contributed by atoms with Crippen LogP contribution in [0.2, 0.25) is 0 Å². The Morgan fingerprint density at radius 1 is 0.551 bits per heavy atom. The minimum absolute atomic E-state index is 0.697. The molecule has 230 valence electrons. The van der Waals surface area contributed by atoms with Gasteiger partial charge in [-0.15, -0.1) is 22.7 Å². The van der Waals surface area contributed by atoms with Gasteiger partial charge in [0.25, 0.3) is 0 Å². The predicted octanol–water partition coefficient (Wildman–Crippen LogP) is 12.9. The van der Waals surface area contributed by atoms with E-state index in [0.29, 0.717) is 5.95 Å². The molecule has 0 N–H and O–H groups in total. The number of thiophene rings is 2. The maximum absolute atomic E-state index is 5.50. The largest absolute Gasteiger partial charge is 0.278 e. The number of hydrogen-bond donors (Lipinski definition) is 0. The average molecular weight is 662 g/mol. The molecule has 4 aromatic heterocycles. The SMILES string of the molecule is C1=CC(c2cccc(-c3nc(-n4c5ccccc5c5cc6sc7ccc8ccccc8c7c6cc54)nc4c3sc3ccccc34)c2)=CCC1. The van der Waals surface area contributed by atoms with E-state index in [2.05, 4.69) is 144 Å². The van der Waals surface area contributed by atoms with Gasteiger partial charge in [0.2, 0.25) is 5.95 Å². The number of rotatable bonds is 3. The molecule has 3 nitrogen and oxygen atoms in total. The third-order valence-corrected chi connectivity index (χ3v) is 12.3. The van der Waals surface area contributed by atoms with Crippen molar-refractivity contribution < 1.29 is 0 Å². The van der Waals surface area contributed by atoms with Crippen LogP contribution in [0.4, 0.5) is 0 Å². The van der Waals surface area contributed by atoms with E-state index in [1.807, 2.05) is 11.3 Å². The van der Waals surface area contributed by atoms with Crippen molar-refractivity contribution in [2.45, 2.75) is 12.8 Å². The summed E-state index contributed by atoms with van der Waals surface area (Å²) in [6, 6.07) is 44.2. The van der Waals surface area contributed by atoms with Gasteiger partial charge in [0.1, 0.15) is 0 Å². The average Bonchev–Trinajstić information content (AvgIpc) is 3.83. The third-order valence-electron chi connectivity index (χ3n) is 10.0. The molecule has 5 heteroatoms. The summed E-state index contributed by atoms with van der Waals surface area (Å²) in [5.41, 5.74) is 7.81. The van der Waals surface area contributed by atoms with E-state index in [1.165, 1.54) is 62.9 Å². The number of hydrogen-bond acceptors (Lipinski definition) is 4. The molecular weight excluding hydrogens is 635 g/mol. The van der Waals surface area contributed by atoms with E-state index in [9.17, 15) is 0 Å². The second kappa shape index (κ2) is 10.4. The smallest absolute Gasteiger partial charge is 0.235 e. The highest BCUT2D eigenvalue weighted by Crippen LogP contribution is 2.44. The summed E-state index contributed by atoms with van der Waals surface area (Å²) in [6.45, 7) is 0. The molecule has 0 spiro atoms. The maximum atomic E-state index is 5.50. The zero-order chi connectivity index (χ0) is 32.1. The quantitative estimate of drug-likeness (QED) is 0.189. The van der Waals surface area contributed by atoms with Crippen molar-refractivity contribution in [3.05, 3.63) is 145 Å². The Bertz CT molecular complexity index is 3060. The van der Waals surface area contributed by atoms with E-state index < -0.39 is 0 Å². The number of allylic oxidation sites excluding steroid dienone is 4. The van der Waals surface area contributed by atoms with Crippen molar-refractivity contribution in [1.29, 1.82) is 0 Å². The first-order valence-electron chi connectivity index (χ1n) is 16.7. The summed E-state index contributed by atoms with van der Waals surface area (Å²) in [4.78, 5) is 10.9. The van der Waals surface area contributed by atoms with E-state index in [4.69, 9.17) is 9.97 Å². The molecule has 10 aromatic rings. The molecule has 0 unspecified atom stereocenters. The molecule has 0 radical (unpaired) electrons. The fourth-order valence-corrected chi connectivity index (χ4v) is 10.1. The van der Waals surface area contributed by atoms with Gasteiger partial charge < -0.3 is 0 Å². The van der Waals surface area contributed by atoms with Crippen molar-refractivity contribution in [2.24, 2.45) is 0 Å². The molecule has 6 aromatic carbocycles. The first kappa shape index (κ1) is 27.3. The minimum atomic E-state index is 0.697. The second-order valence-electron chi connectivity index (χ2n) is 12.8. The van der Waals surface area contributed by atoms with Crippen molar-refractivity contribution >= 4 is 101 Å². The lowest BCUT2D eigenvalue weighted by Crippen LogP contribution is -2.02. The molecule has 0 atom stereocenters. The van der Waals surface area contributed by atoms with E-state index in [1.54, 1.807) is 11.3 Å². The lowest BCUT2D eigenvalue weighted by Gasteiger charge is -2.12. The number of fused-ring (bicyclic) bond motifs is 11.